The highest BCUT2D eigenvalue weighted by Gasteiger charge is 2.17. The Bertz CT molecular complexity index is 619. The third kappa shape index (κ3) is 4.76. The van der Waals surface area contributed by atoms with Gasteiger partial charge in [-0.3, -0.25) is 0 Å². The van der Waals surface area contributed by atoms with Crippen LogP contribution in [0.3, 0.4) is 0 Å². The smallest absolute Gasteiger partial charge is 0.326 e. The third-order valence-corrected chi connectivity index (χ3v) is 4.34. The maximum absolute atomic E-state index is 11.4. The zero-order chi connectivity index (χ0) is 15.2. The van der Waals surface area contributed by atoms with Crippen LogP contribution in [-0.4, -0.2) is 17.1 Å². The minimum atomic E-state index is -0.864. The number of benzene rings is 2. The summed E-state index contributed by atoms with van der Waals surface area (Å²) in [4.78, 5) is 11.4. The van der Waals surface area contributed by atoms with Crippen molar-refractivity contribution in [1.82, 2.24) is 0 Å². The zero-order valence-electron chi connectivity index (χ0n) is 11.2. The molecule has 2 rings (SSSR count). The van der Waals surface area contributed by atoms with Crippen LogP contribution in [-0.2, 0) is 11.2 Å². The van der Waals surface area contributed by atoms with E-state index < -0.39 is 12.0 Å². The van der Waals surface area contributed by atoms with Crippen molar-refractivity contribution in [3.05, 3.63) is 63.6 Å². The van der Waals surface area contributed by atoms with Gasteiger partial charge in [0.25, 0.3) is 0 Å². The molecule has 110 valence electrons. The lowest BCUT2D eigenvalue weighted by molar-refractivity contribution is -0.138. The van der Waals surface area contributed by atoms with Gasteiger partial charge in [-0.15, -0.1) is 0 Å². The number of rotatable bonds is 6. The highest BCUT2D eigenvalue weighted by atomic mass is 79.9. The molecule has 21 heavy (non-hydrogen) atoms. The molecule has 0 heterocycles. The summed E-state index contributed by atoms with van der Waals surface area (Å²) in [7, 11) is 0. The molecule has 0 radical (unpaired) electrons. The summed E-state index contributed by atoms with van der Waals surface area (Å²) >= 11 is 9.26. The monoisotopic (exact) mass is 367 g/mol. The van der Waals surface area contributed by atoms with Gasteiger partial charge in [0.1, 0.15) is 6.04 Å². The van der Waals surface area contributed by atoms with Gasteiger partial charge in [-0.05, 0) is 52.5 Å². The topological polar surface area (TPSA) is 49.3 Å². The first-order valence-electron chi connectivity index (χ1n) is 6.54. The average Bonchev–Trinajstić information content (AvgIpc) is 2.48. The van der Waals surface area contributed by atoms with Crippen LogP contribution >= 0.6 is 27.5 Å². The van der Waals surface area contributed by atoms with E-state index in [1.165, 1.54) is 0 Å². The Morgan fingerprint density at radius 3 is 2.57 bits per heavy atom. The molecule has 0 bridgehead atoms. The molecule has 0 aliphatic heterocycles. The Kier molecular flexibility index (Phi) is 5.65. The number of carboxylic acid groups (broad SMARTS) is 1. The molecule has 0 aliphatic rings. The lowest BCUT2D eigenvalue weighted by atomic mass is 10.1. The Labute approximate surface area is 137 Å². The van der Waals surface area contributed by atoms with Crippen LogP contribution in [0.25, 0.3) is 0 Å². The lowest BCUT2D eigenvalue weighted by Gasteiger charge is -2.16. The molecular formula is C16H15BrClNO2. The molecule has 0 aliphatic carbocycles. The molecule has 1 atom stereocenters. The van der Waals surface area contributed by atoms with E-state index in [0.717, 1.165) is 15.7 Å². The first-order chi connectivity index (χ1) is 10.1. The van der Waals surface area contributed by atoms with Gasteiger partial charge in [0.2, 0.25) is 0 Å². The van der Waals surface area contributed by atoms with Gasteiger partial charge in [0, 0.05) is 10.2 Å². The Balaban J connectivity index is 2.02. The van der Waals surface area contributed by atoms with E-state index >= 15 is 0 Å². The quantitative estimate of drug-likeness (QED) is 0.783. The van der Waals surface area contributed by atoms with E-state index in [1.54, 1.807) is 18.2 Å². The fraction of sp³-hybridized carbons (Fsp3) is 0.188. The number of aliphatic carboxylic acids is 1. The molecule has 2 aromatic rings. The Morgan fingerprint density at radius 1 is 1.24 bits per heavy atom. The molecule has 5 heteroatoms. The Morgan fingerprint density at radius 2 is 1.95 bits per heavy atom. The second-order valence-electron chi connectivity index (χ2n) is 4.69. The second kappa shape index (κ2) is 7.48. The summed E-state index contributed by atoms with van der Waals surface area (Å²) < 4.78 is 0.737. The van der Waals surface area contributed by atoms with E-state index in [4.69, 9.17) is 11.6 Å². The second-order valence-corrected chi connectivity index (χ2v) is 5.95. The van der Waals surface area contributed by atoms with Gasteiger partial charge in [-0.25, -0.2) is 4.79 Å². The molecular weight excluding hydrogens is 354 g/mol. The molecule has 3 nitrogen and oxygen atoms in total. The van der Waals surface area contributed by atoms with Crippen molar-refractivity contribution in [2.75, 3.05) is 5.32 Å². The predicted molar refractivity (Wildman–Crippen MR) is 89.0 cm³/mol. The number of nitrogens with one attached hydrogen (secondary N) is 1. The molecule has 0 saturated carbocycles. The van der Waals surface area contributed by atoms with Gasteiger partial charge in [0.05, 0.1) is 5.02 Å². The number of hydrogen-bond acceptors (Lipinski definition) is 2. The normalized spacial score (nSPS) is 11.9. The summed E-state index contributed by atoms with van der Waals surface area (Å²) in [5, 5.41) is 13.0. The zero-order valence-corrected chi connectivity index (χ0v) is 13.6. The third-order valence-electron chi connectivity index (χ3n) is 3.12. The summed E-state index contributed by atoms with van der Waals surface area (Å²) in [5.74, 6) is -0.864. The van der Waals surface area contributed by atoms with Crippen LogP contribution in [0.2, 0.25) is 5.02 Å². The van der Waals surface area contributed by atoms with E-state index in [2.05, 4.69) is 21.2 Å². The van der Waals surface area contributed by atoms with Crippen LogP contribution in [0.15, 0.2) is 53.0 Å². The van der Waals surface area contributed by atoms with Gasteiger partial charge < -0.3 is 10.4 Å². The summed E-state index contributed by atoms with van der Waals surface area (Å²) in [5.41, 5.74) is 1.86. The van der Waals surface area contributed by atoms with Crippen molar-refractivity contribution in [3.63, 3.8) is 0 Å². The SMILES string of the molecule is O=C(O)C(CCc1ccccc1)Nc1ccc(Cl)c(Br)c1. The number of carboxylic acids is 1. The summed E-state index contributed by atoms with van der Waals surface area (Å²) in [6.07, 6.45) is 1.22. The van der Waals surface area contributed by atoms with E-state index in [9.17, 15) is 9.90 Å². The number of hydrogen-bond donors (Lipinski definition) is 2. The average molecular weight is 369 g/mol. The first-order valence-corrected chi connectivity index (χ1v) is 7.71. The van der Waals surface area contributed by atoms with Crippen molar-refractivity contribution in [2.45, 2.75) is 18.9 Å². The predicted octanol–water partition coefficient (Wildman–Crippen LogP) is 4.60. The van der Waals surface area contributed by atoms with Crippen molar-refractivity contribution >= 4 is 39.2 Å². The van der Waals surface area contributed by atoms with Gasteiger partial charge in [-0.2, -0.15) is 0 Å². The number of halogens is 2. The molecule has 0 fully saturated rings. The molecule has 0 amide bonds. The van der Waals surface area contributed by atoms with Crippen molar-refractivity contribution in [1.29, 1.82) is 0 Å². The van der Waals surface area contributed by atoms with Gasteiger partial charge >= 0.3 is 5.97 Å². The summed E-state index contributed by atoms with van der Waals surface area (Å²) in [6.45, 7) is 0. The molecule has 2 N–H and O–H groups in total. The maximum atomic E-state index is 11.4. The van der Waals surface area contributed by atoms with Gasteiger partial charge in [0.15, 0.2) is 0 Å². The van der Waals surface area contributed by atoms with E-state index in [1.807, 2.05) is 30.3 Å². The molecule has 1 unspecified atom stereocenters. The van der Waals surface area contributed by atoms with Crippen LogP contribution in [0.5, 0.6) is 0 Å². The molecule has 0 aromatic heterocycles. The van der Waals surface area contributed by atoms with Crippen LogP contribution < -0.4 is 5.32 Å². The molecule has 0 saturated heterocycles. The van der Waals surface area contributed by atoms with Crippen molar-refractivity contribution in [2.24, 2.45) is 0 Å². The number of aryl methyl sites for hydroxylation is 1. The van der Waals surface area contributed by atoms with E-state index in [-0.39, 0.29) is 0 Å². The fourth-order valence-corrected chi connectivity index (χ4v) is 2.50. The molecule has 0 spiro atoms. The van der Waals surface area contributed by atoms with Crippen LogP contribution in [0.4, 0.5) is 5.69 Å². The highest BCUT2D eigenvalue weighted by Crippen LogP contribution is 2.26. The maximum Gasteiger partial charge on any atom is 0.326 e. The van der Waals surface area contributed by atoms with E-state index in [0.29, 0.717) is 17.9 Å². The van der Waals surface area contributed by atoms with Crippen molar-refractivity contribution < 1.29 is 9.90 Å². The Hall–Kier alpha value is -1.52. The first kappa shape index (κ1) is 15.9. The van der Waals surface area contributed by atoms with Crippen LogP contribution in [0, 0.1) is 0 Å². The number of carbonyl (C=O) groups is 1. The fourth-order valence-electron chi connectivity index (χ4n) is 2.00. The minimum Gasteiger partial charge on any atom is -0.480 e. The highest BCUT2D eigenvalue weighted by molar-refractivity contribution is 9.10. The lowest BCUT2D eigenvalue weighted by Crippen LogP contribution is -2.29. The van der Waals surface area contributed by atoms with Gasteiger partial charge in [-0.1, -0.05) is 41.9 Å². The minimum absolute atomic E-state index is 0.513. The number of anilines is 1. The largest absolute Gasteiger partial charge is 0.480 e. The standard InChI is InChI=1S/C16H15BrClNO2/c17-13-10-12(7-8-14(13)18)19-15(16(20)21)9-6-11-4-2-1-3-5-11/h1-5,7-8,10,15,19H,6,9H2,(H,20,21). The van der Waals surface area contributed by atoms with Crippen LogP contribution in [0.1, 0.15) is 12.0 Å². The molecule has 2 aromatic carbocycles. The van der Waals surface area contributed by atoms with Crippen molar-refractivity contribution in [3.8, 4) is 0 Å². The summed E-state index contributed by atoms with van der Waals surface area (Å²) in [6, 6.07) is 14.5.